The Morgan fingerprint density at radius 2 is 1.02 bits per heavy atom. The van der Waals surface area contributed by atoms with Crippen LogP contribution >= 0.6 is 0 Å². The number of hydrogen-bond acceptors (Lipinski definition) is 14. The van der Waals surface area contributed by atoms with Crippen molar-refractivity contribution in [2.24, 2.45) is 14.1 Å². The highest BCUT2D eigenvalue weighted by Gasteiger charge is 2.32. The molecule has 10 rings (SSSR count). The highest BCUT2D eigenvalue weighted by Crippen LogP contribution is 2.33. The molecule has 336 valence electrons. The third-order valence-corrected chi connectivity index (χ3v) is 10.1. The van der Waals surface area contributed by atoms with Crippen LogP contribution in [-0.2, 0) is 26.4 Å². The number of imidazole rings is 4. The maximum Gasteiger partial charge on any atom is 0.416 e. The number of carbonyl (C=O) groups excluding carboxylic acids is 2. The predicted molar refractivity (Wildman–Crippen MR) is 218 cm³/mol. The predicted octanol–water partition coefficient (Wildman–Crippen LogP) is 6.81. The fourth-order valence-corrected chi connectivity index (χ4v) is 6.72. The lowest BCUT2D eigenvalue weighted by Crippen LogP contribution is -2.27. The minimum atomic E-state index is -4.46. The molecule has 2 aromatic carbocycles. The van der Waals surface area contributed by atoms with Crippen molar-refractivity contribution in [3.63, 3.8) is 0 Å². The standard InChI is InChI=1S/2C20H15F3N8O2/c2*1-9(27-19(32)16-15-18(25-7-24-16)31(2)8-26-15)14-6-13(30-33-14)17-28-11-4-3-10(20(21,22)23)5-12(11)29-17/h2*3-9H,1-2H3,(H,27,32)(H,28,29)/t2*9-/m00/s1. The summed E-state index contributed by atoms with van der Waals surface area (Å²) in [7, 11) is 3.51. The van der Waals surface area contributed by atoms with Crippen LogP contribution in [0.2, 0.25) is 0 Å². The Balaban J connectivity index is 0.000000166. The van der Waals surface area contributed by atoms with Gasteiger partial charge in [-0.3, -0.25) is 9.59 Å². The topological polar surface area (TPSA) is 255 Å². The number of rotatable bonds is 8. The number of carbonyl (C=O) groups is 2. The van der Waals surface area contributed by atoms with Crippen LogP contribution in [-0.4, -0.2) is 81.1 Å². The number of fused-ring (bicyclic) bond motifs is 4. The Hall–Kier alpha value is -8.58. The highest BCUT2D eigenvalue weighted by molar-refractivity contribution is 6.03. The number of hydrogen-bond donors (Lipinski definition) is 4. The molecule has 66 heavy (non-hydrogen) atoms. The lowest BCUT2D eigenvalue weighted by molar-refractivity contribution is -0.138. The first kappa shape index (κ1) is 42.7. The summed E-state index contributed by atoms with van der Waals surface area (Å²) in [6.45, 7) is 3.38. The molecule has 0 radical (unpaired) electrons. The van der Waals surface area contributed by atoms with E-state index in [0.717, 1.165) is 24.3 Å². The molecule has 0 aliphatic rings. The van der Waals surface area contributed by atoms with E-state index >= 15 is 0 Å². The zero-order valence-corrected chi connectivity index (χ0v) is 34.4. The molecular weight excluding hydrogens is 883 g/mol. The molecule has 0 saturated carbocycles. The molecule has 26 heteroatoms. The molecule has 4 N–H and O–H groups in total. The summed E-state index contributed by atoms with van der Waals surface area (Å²) in [4.78, 5) is 64.2. The van der Waals surface area contributed by atoms with Gasteiger partial charge in [0.05, 0.1) is 57.9 Å². The lowest BCUT2D eigenvalue weighted by Gasteiger charge is -2.10. The second-order valence-electron chi connectivity index (χ2n) is 14.7. The Morgan fingerprint density at radius 3 is 1.41 bits per heavy atom. The molecule has 0 unspecified atom stereocenters. The number of halogens is 6. The number of benzene rings is 2. The summed E-state index contributed by atoms with van der Waals surface area (Å²) >= 11 is 0. The summed E-state index contributed by atoms with van der Waals surface area (Å²) < 4.78 is 91.7. The van der Waals surface area contributed by atoms with Crippen molar-refractivity contribution in [1.82, 2.24) is 79.9 Å². The van der Waals surface area contributed by atoms with E-state index in [1.807, 2.05) is 0 Å². The van der Waals surface area contributed by atoms with E-state index in [2.05, 4.69) is 70.8 Å². The molecular formula is C40H30F6N16O4. The van der Waals surface area contributed by atoms with Crippen molar-refractivity contribution >= 4 is 56.2 Å². The second kappa shape index (κ2) is 16.2. The molecule has 0 aliphatic heterocycles. The van der Waals surface area contributed by atoms with Gasteiger partial charge in [0.15, 0.2) is 45.9 Å². The minimum absolute atomic E-state index is 0.116. The van der Waals surface area contributed by atoms with E-state index in [9.17, 15) is 35.9 Å². The van der Waals surface area contributed by atoms with Gasteiger partial charge in [0, 0.05) is 26.2 Å². The van der Waals surface area contributed by atoms with Gasteiger partial charge in [0.2, 0.25) is 0 Å². The molecule has 0 aliphatic carbocycles. The van der Waals surface area contributed by atoms with Gasteiger partial charge in [-0.05, 0) is 50.2 Å². The van der Waals surface area contributed by atoms with Crippen molar-refractivity contribution < 1.29 is 45.0 Å². The van der Waals surface area contributed by atoms with Gasteiger partial charge < -0.3 is 38.8 Å². The lowest BCUT2D eigenvalue weighted by atomic mass is 10.2. The smallest absolute Gasteiger partial charge is 0.358 e. The van der Waals surface area contributed by atoms with Crippen molar-refractivity contribution in [3.05, 3.63) is 108 Å². The maximum absolute atomic E-state index is 12.9. The molecule has 10 aromatic rings. The van der Waals surface area contributed by atoms with Crippen LogP contribution in [0.5, 0.6) is 0 Å². The fourth-order valence-electron chi connectivity index (χ4n) is 6.72. The van der Waals surface area contributed by atoms with Crippen LogP contribution in [0.4, 0.5) is 26.3 Å². The van der Waals surface area contributed by atoms with Crippen LogP contribution < -0.4 is 10.6 Å². The average molecular weight is 913 g/mol. The minimum Gasteiger partial charge on any atom is -0.358 e. The zero-order chi connectivity index (χ0) is 46.7. The third kappa shape index (κ3) is 8.21. The highest BCUT2D eigenvalue weighted by atomic mass is 19.4. The maximum atomic E-state index is 12.9. The summed E-state index contributed by atoms with van der Waals surface area (Å²) in [5.41, 5.74) is 2.13. The van der Waals surface area contributed by atoms with E-state index in [1.54, 1.807) is 49.2 Å². The van der Waals surface area contributed by atoms with E-state index in [1.165, 1.54) is 37.4 Å². The first-order valence-electron chi connectivity index (χ1n) is 19.3. The SMILES string of the molecule is C[C@H](NC(=O)c1ncnc2c1ncn2C)c1cc(-c2nc3ccc(C(F)(F)F)cc3[nH]2)no1.C[C@H](NC(=O)c1ncnc2c1ncn2C)c1cc(-c2nc3ccc(C(F)(F)F)cc3[nH]2)no1. The van der Waals surface area contributed by atoms with Gasteiger partial charge in [-0.2, -0.15) is 26.3 Å². The summed E-state index contributed by atoms with van der Waals surface area (Å²) in [6, 6.07) is 8.36. The van der Waals surface area contributed by atoms with E-state index in [-0.39, 0.29) is 45.5 Å². The number of nitrogens with zero attached hydrogens (tertiary/aromatic N) is 12. The van der Waals surface area contributed by atoms with Crippen molar-refractivity contribution in [2.75, 3.05) is 0 Å². The molecule has 2 amide bonds. The number of aryl methyl sites for hydroxylation is 2. The van der Waals surface area contributed by atoms with Gasteiger partial charge in [0.1, 0.15) is 35.1 Å². The van der Waals surface area contributed by atoms with Crippen LogP contribution in [0, 0.1) is 0 Å². The fraction of sp³-hybridized carbons (Fsp3) is 0.200. The largest absolute Gasteiger partial charge is 0.416 e. The van der Waals surface area contributed by atoms with E-state index in [0.29, 0.717) is 44.9 Å². The number of alkyl halides is 6. The molecule has 20 nitrogen and oxygen atoms in total. The number of H-pyrrole nitrogens is 2. The molecule has 8 heterocycles. The van der Waals surface area contributed by atoms with Gasteiger partial charge in [0.25, 0.3) is 11.8 Å². The summed E-state index contributed by atoms with van der Waals surface area (Å²) in [5.74, 6) is 0.167. The van der Waals surface area contributed by atoms with Crippen molar-refractivity contribution in [1.29, 1.82) is 0 Å². The number of amides is 2. The van der Waals surface area contributed by atoms with E-state index in [4.69, 9.17) is 9.05 Å². The van der Waals surface area contributed by atoms with Crippen LogP contribution in [0.25, 0.3) is 67.4 Å². The van der Waals surface area contributed by atoms with Crippen molar-refractivity contribution in [2.45, 2.75) is 38.3 Å². The summed E-state index contributed by atoms with van der Waals surface area (Å²) in [6.07, 6.45) is -3.29. The molecule has 0 saturated heterocycles. The normalized spacial score (nSPS) is 13.0. The molecule has 0 fully saturated rings. The molecule has 2 atom stereocenters. The van der Waals surface area contributed by atoms with Gasteiger partial charge >= 0.3 is 12.4 Å². The molecule has 8 aromatic heterocycles. The van der Waals surface area contributed by atoms with Gasteiger partial charge in [-0.15, -0.1) is 0 Å². The van der Waals surface area contributed by atoms with E-state index < -0.39 is 47.4 Å². The van der Waals surface area contributed by atoms with Crippen LogP contribution in [0.15, 0.2) is 82.9 Å². The van der Waals surface area contributed by atoms with Gasteiger partial charge in [-0.1, -0.05) is 10.3 Å². The monoisotopic (exact) mass is 912 g/mol. The third-order valence-electron chi connectivity index (χ3n) is 10.1. The van der Waals surface area contributed by atoms with Crippen LogP contribution in [0.1, 0.15) is 69.6 Å². The van der Waals surface area contributed by atoms with Crippen LogP contribution in [0.3, 0.4) is 0 Å². The van der Waals surface area contributed by atoms with Gasteiger partial charge in [-0.25, -0.2) is 39.9 Å². The second-order valence-corrected chi connectivity index (χ2v) is 14.7. The van der Waals surface area contributed by atoms with Crippen molar-refractivity contribution in [3.8, 4) is 23.0 Å². The Bertz CT molecular complexity index is 3230. The number of aromatic amines is 2. The summed E-state index contributed by atoms with van der Waals surface area (Å²) in [5, 5.41) is 13.4. The Labute approximate surface area is 363 Å². The number of aromatic nitrogens is 14. The molecule has 0 bridgehead atoms. The zero-order valence-electron chi connectivity index (χ0n) is 34.4. The first-order valence-corrected chi connectivity index (χ1v) is 19.3. The number of nitrogens with one attached hydrogen (secondary N) is 4. The average Bonchev–Trinajstić information content (AvgIpc) is 4.14. The Kier molecular flexibility index (Phi) is 10.5. The Morgan fingerprint density at radius 1 is 0.606 bits per heavy atom. The molecule has 0 spiro atoms. The first-order chi connectivity index (χ1) is 31.4. The quantitative estimate of drug-likeness (QED) is 0.114.